The van der Waals surface area contributed by atoms with Crippen molar-refractivity contribution in [1.82, 2.24) is 9.97 Å². The number of pyridine rings is 1. The minimum Gasteiger partial charge on any atom is -0.491 e. The molecule has 0 spiro atoms. The molecule has 0 aliphatic heterocycles. The van der Waals surface area contributed by atoms with E-state index in [1.807, 2.05) is 50.4 Å². The number of thiazole rings is 1. The van der Waals surface area contributed by atoms with Crippen LogP contribution < -0.4 is 4.74 Å². The predicted octanol–water partition coefficient (Wildman–Crippen LogP) is 4.58. The van der Waals surface area contributed by atoms with Gasteiger partial charge in [0.15, 0.2) is 0 Å². The molecular weight excluding hydrogens is 292 g/mol. The van der Waals surface area contributed by atoms with E-state index in [0.717, 1.165) is 34.1 Å². The van der Waals surface area contributed by atoms with Gasteiger partial charge in [-0.2, -0.15) is 0 Å². The van der Waals surface area contributed by atoms with Crippen molar-refractivity contribution in [2.45, 2.75) is 26.4 Å². The fraction of sp³-hybridized carbons (Fsp3) is 0.222. The molecule has 0 radical (unpaired) electrons. The molecule has 0 saturated carbocycles. The molecule has 0 saturated heterocycles. The maximum absolute atomic E-state index is 5.66. The van der Waals surface area contributed by atoms with Crippen LogP contribution in [-0.2, 0) is 6.42 Å². The Hall–Kier alpha value is -2.20. The Morgan fingerprint density at radius 2 is 1.91 bits per heavy atom. The first kappa shape index (κ1) is 14.7. The van der Waals surface area contributed by atoms with Crippen molar-refractivity contribution in [3.05, 3.63) is 64.7 Å². The Kier molecular flexibility index (Phi) is 4.49. The fourth-order valence-electron chi connectivity index (χ4n) is 2.16. The molecule has 0 fully saturated rings. The average molecular weight is 310 g/mol. The van der Waals surface area contributed by atoms with Crippen LogP contribution in [0.3, 0.4) is 0 Å². The van der Waals surface area contributed by atoms with Crippen molar-refractivity contribution < 1.29 is 4.74 Å². The molecule has 3 aromatic rings. The monoisotopic (exact) mass is 310 g/mol. The van der Waals surface area contributed by atoms with Crippen molar-refractivity contribution in [1.29, 1.82) is 0 Å². The van der Waals surface area contributed by atoms with Gasteiger partial charge in [0.2, 0.25) is 0 Å². The number of hydrogen-bond acceptors (Lipinski definition) is 4. The molecule has 0 bridgehead atoms. The van der Waals surface area contributed by atoms with Gasteiger partial charge < -0.3 is 4.74 Å². The van der Waals surface area contributed by atoms with Crippen molar-refractivity contribution in [3.63, 3.8) is 0 Å². The van der Waals surface area contributed by atoms with E-state index in [1.165, 1.54) is 0 Å². The van der Waals surface area contributed by atoms with Crippen LogP contribution in [0.1, 0.15) is 24.5 Å². The third-order valence-corrected chi connectivity index (χ3v) is 3.98. The summed E-state index contributed by atoms with van der Waals surface area (Å²) in [6.45, 7) is 4.05. The molecule has 3 rings (SSSR count). The Morgan fingerprint density at radius 3 is 2.59 bits per heavy atom. The second-order valence-electron chi connectivity index (χ2n) is 5.32. The topological polar surface area (TPSA) is 35.0 Å². The van der Waals surface area contributed by atoms with Gasteiger partial charge in [0, 0.05) is 29.3 Å². The van der Waals surface area contributed by atoms with Crippen LogP contribution in [0.15, 0.2) is 54.0 Å². The number of rotatable bonds is 5. The van der Waals surface area contributed by atoms with Gasteiger partial charge in [-0.15, -0.1) is 11.3 Å². The quantitative estimate of drug-likeness (QED) is 0.691. The summed E-state index contributed by atoms with van der Waals surface area (Å²) >= 11 is 1.67. The predicted molar refractivity (Wildman–Crippen MR) is 90.4 cm³/mol. The zero-order valence-electron chi connectivity index (χ0n) is 12.7. The van der Waals surface area contributed by atoms with E-state index >= 15 is 0 Å². The molecule has 4 heteroatoms. The molecular formula is C18H18N2OS. The molecule has 0 aliphatic carbocycles. The van der Waals surface area contributed by atoms with Crippen LogP contribution in [0.25, 0.3) is 11.3 Å². The summed E-state index contributed by atoms with van der Waals surface area (Å²) in [7, 11) is 0. The first-order valence-corrected chi connectivity index (χ1v) is 8.20. The Balaban J connectivity index is 1.73. The van der Waals surface area contributed by atoms with Crippen LogP contribution in [0, 0.1) is 0 Å². The molecule has 22 heavy (non-hydrogen) atoms. The number of hydrogen-bond donors (Lipinski definition) is 0. The second-order valence-corrected chi connectivity index (χ2v) is 6.26. The molecule has 0 aliphatic rings. The zero-order valence-corrected chi connectivity index (χ0v) is 13.5. The van der Waals surface area contributed by atoms with Gasteiger partial charge in [-0.05, 0) is 50.2 Å². The van der Waals surface area contributed by atoms with Gasteiger partial charge in [-0.1, -0.05) is 6.07 Å². The van der Waals surface area contributed by atoms with Crippen molar-refractivity contribution in [2.75, 3.05) is 0 Å². The minimum atomic E-state index is 0.190. The van der Waals surface area contributed by atoms with Gasteiger partial charge in [0.05, 0.1) is 16.8 Å². The summed E-state index contributed by atoms with van der Waals surface area (Å²) < 4.78 is 5.66. The van der Waals surface area contributed by atoms with E-state index in [2.05, 4.69) is 22.5 Å². The highest BCUT2D eigenvalue weighted by Gasteiger charge is 2.06. The smallest absolute Gasteiger partial charge is 0.119 e. The third kappa shape index (κ3) is 3.71. The van der Waals surface area contributed by atoms with Gasteiger partial charge in [0.25, 0.3) is 0 Å². The lowest BCUT2D eigenvalue weighted by molar-refractivity contribution is 0.242. The molecule has 0 atom stereocenters. The second kappa shape index (κ2) is 6.71. The molecule has 112 valence electrons. The summed E-state index contributed by atoms with van der Waals surface area (Å²) in [4.78, 5) is 9.05. The summed E-state index contributed by atoms with van der Waals surface area (Å²) in [6.07, 6.45) is 2.78. The maximum Gasteiger partial charge on any atom is 0.119 e. The van der Waals surface area contributed by atoms with E-state index in [0.29, 0.717) is 0 Å². The number of nitrogens with zero attached hydrogens (tertiary/aromatic N) is 2. The largest absolute Gasteiger partial charge is 0.491 e. The average Bonchev–Trinajstić information content (AvgIpc) is 2.97. The molecule has 2 aromatic heterocycles. The van der Waals surface area contributed by atoms with Crippen LogP contribution >= 0.6 is 11.3 Å². The normalized spacial score (nSPS) is 10.9. The Morgan fingerprint density at radius 1 is 1.09 bits per heavy atom. The lowest BCUT2D eigenvalue weighted by Crippen LogP contribution is -2.05. The van der Waals surface area contributed by atoms with Crippen LogP contribution in [-0.4, -0.2) is 16.1 Å². The fourth-order valence-corrected chi connectivity index (χ4v) is 2.98. The summed E-state index contributed by atoms with van der Waals surface area (Å²) in [5.41, 5.74) is 3.16. The molecule has 0 unspecified atom stereocenters. The lowest BCUT2D eigenvalue weighted by Gasteiger charge is -2.09. The van der Waals surface area contributed by atoms with Gasteiger partial charge >= 0.3 is 0 Å². The van der Waals surface area contributed by atoms with E-state index in [9.17, 15) is 0 Å². The van der Waals surface area contributed by atoms with E-state index in [1.54, 1.807) is 11.3 Å². The highest BCUT2D eigenvalue weighted by atomic mass is 32.1. The molecule has 0 N–H and O–H groups in total. The first-order valence-electron chi connectivity index (χ1n) is 7.32. The maximum atomic E-state index is 5.66. The molecule has 0 amide bonds. The number of aromatic nitrogens is 2. The van der Waals surface area contributed by atoms with E-state index < -0.39 is 0 Å². The first-order chi connectivity index (χ1) is 10.7. The van der Waals surface area contributed by atoms with Crippen LogP contribution in [0.5, 0.6) is 5.75 Å². The van der Waals surface area contributed by atoms with Crippen molar-refractivity contribution >= 4 is 11.3 Å². The molecule has 1 aromatic carbocycles. The van der Waals surface area contributed by atoms with E-state index in [4.69, 9.17) is 9.72 Å². The van der Waals surface area contributed by atoms with E-state index in [-0.39, 0.29) is 6.10 Å². The molecule has 3 nitrogen and oxygen atoms in total. The SMILES string of the molecule is CC(C)Oc1ccc(-c2csc(Cc3ccccn3)n2)cc1. The summed E-state index contributed by atoms with van der Waals surface area (Å²) in [5, 5.41) is 3.17. The van der Waals surface area contributed by atoms with Crippen molar-refractivity contribution in [2.24, 2.45) is 0 Å². The number of ether oxygens (including phenoxy) is 1. The van der Waals surface area contributed by atoms with Gasteiger partial charge in [-0.25, -0.2) is 4.98 Å². The lowest BCUT2D eigenvalue weighted by atomic mass is 10.1. The van der Waals surface area contributed by atoms with Crippen molar-refractivity contribution in [3.8, 4) is 17.0 Å². The highest BCUT2D eigenvalue weighted by molar-refractivity contribution is 7.10. The summed E-state index contributed by atoms with van der Waals surface area (Å²) in [5.74, 6) is 0.891. The zero-order chi connectivity index (χ0) is 15.4. The summed E-state index contributed by atoms with van der Waals surface area (Å²) in [6, 6.07) is 14.1. The van der Waals surface area contributed by atoms with Gasteiger partial charge in [-0.3, -0.25) is 4.98 Å². The Bertz CT molecular complexity index is 720. The highest BCUT2D eigenvalue weighted by Crippen LogP contribution is 2.25. The Labute approximate surface area is 134 Å². The van der Waals surface area contributed by atoms with Crippen LogP contribution in [0.2, 0.25) is 0 Å². The van der Waals surface area contributed by atoms with Gasteiger partial charge in [0.1, 0.15) is 5.75 Å². The molecule has 2 heterocycles. The van der Waals surface area contributed by atoms with Crippen LogP contribution in [0.4, 0.5) is 0 Å². The standard InChI is InChI=1S/C18H18N2OS/c1-13(2)21-16-8-6-14(7-9-16)17-12-22-18(20-17)11-15-5-3-4-10-19-15/h3-10,12-13H,11H2,1-2H3. The third-order valence-electron chi connectivity index (χ3n) is 3.13. The number of benzene rings is 1. The minimum absolute atomic E-state index is 0.190.